The van der Waals surface area contributed by atoms with Crippen LogP contribution in [0.4, 0.5) is 0 Å². The third kappa shape index (κ3) is 4.25. The average Bonchev–Trinajstić information content (AvgIpc) is 2.48. The molecular weight excluding hydrogens is 337 g/mol. The van der Waals surface area contributed by atoms with E-state index >= 15 is 0 Å². The van der Waals surface area contributed by atoms with Gasteiger partial charge in [-0.15, -0.1) is 12.4 Å². The number of carbonyl (C=O) groups excluding carboxylic acids is 1. The number of nitrogens with zero attached hydrogens (tertiary/aromatic N) is 1. The summed E-state index contributed by atoms with van der Waals surface area (Å²) in [7, 11) is 1.90. The van der Waals surface area contributed by atoms with Crippen molar-refractivity contribution in [2.45, 2.75) is 44.1 Å². The van der Waals surface area contributed by atoms with Gasteiger partial charge >= 0.3 is 5.97 Å². The highest BCUT2D eigenvalue weighted by Crippen LogP contribution is 2.42. The molecule has 0 amide bonds. The summed E-state index contributed by atoms with van der Waals surface area (Å²) in [6.45, 7) is 0.559. The highest BCUT2D eigenvalue weighted by molar-refractivity contribution is 6.31. The standard InChI is InChI=1S/C17H22ClNO3.ClH/c1-19(12-6-10-16(21)22)17(11-5-4-9-15(17)20)13-7-2-3-8-14(13)18;/h2-3,7-8H,4-6,9-12H2,1H3,(H,21,22);1H. The predicted molar refractivity (Wildman–Crippen MR) is 93.4 cm³/mol. The number of ketones is 1. The third-order valence-electron chi connectivity index (χ3n) is 4.51. The zero-order valence-electron chi connectivity index (χ0n) is 13.3. The van der Waals surface area contributed by atoms with Crippen molar-refractivity contribution < 1.29 is 14.7 Å². The molecule has 0 saturated heterocycles. The fourth-order valence-corrected chi connectivity index (χ4v) is 3.65. The van der Waals surface area contributed by atoms with Crippen molar-refractivity contribution in [3.05, 3.63) is 34.9 Å². The number of halogens is 2. The summed E-state index contributed by atoms with van der Waals surface area (Å²) < 4.78 is 0. The first kappa shape index (κ1) is 19.9. The Morgan fingerprint density at radius 3 is 2.65 bits per heavy atom. The van der Waals surface area contributed by atoms with Crippen molar-refractivity contribution in [2.24, 2.45) is 0 Å². The van der Waals surface area contributed by atoms with Gasteiger partial charge in [0, 0.05) is 17.9 Å². The lowest BCUT2D eigenvalue weighted by Crippen LogP contribution is -2.52. The van der Waals surface area contributed by atoms with Crippen LogP contribution >= 0.6 is 24.0 Å². The van der Waals surface area contributed by atoms with Crippen molar-refractivity contribution in [1.29, 1.82) is 0 Å². The second kappa shape index (κ2) is 8.67. The number of hydrogen-bond donors (Lipinski definition) is 1. The zero-order chi connectivity index (χ0) is 16.2. The minimum absolute atomic E-state index is 0. The van der Waals surface area contributed by atoms with E-state index in [0.717, 1.165) is 24.8 Å². The number of Topliss-reactive ketones (excluding diaryl/α,β-unsaturated/α-hetero) is 1. The average molecular weight is 360 g/mol. The van der Waals surface area contributed by atoms with E-state index in [4.69, 9.17) is 16.7 Å². The number of carboxylic acids is 1. The quantitative estimate of drug-likeness (QED) is 0.836. The minimum atomic E-state index is -0.810. The molecule has 0 heterocycles. The van der Waals surface area contributed by atoms with Crippen LogP contribution in [0.5, 0.6) is 0 Å². The predicted octanol–water partition coefficient (Wildman–Crippen LogP) is 3.90. The zero-order valence-corrected chi connectivity index (χ0v) is 14.8. The molecule has 1 N–H and O–H groups in total. The Hall–Kier alpha value is -1.10. The fourth-order valence-electron chi connectivity index (χ4n) is 3.36. The van der Waals surface area contributed by atoms with Gasteiger partial charge in [-0.2, -0.15) is 0 Å². The fraction of sp³-hybridized carbons (Fsp3) is 0.529. The Morgan fingerprint density at radius 1 is 1.35 bits per heavy atom. The van der Waals surface area contributed by atoms with Crippen LogP contribution in [-0.4, -0.2) is 35.4 Å². The molecule has 1 fully saturated rings. The van der Waals surface area contributed by atoms with E-state index < -0.39 is 11.5 Å². The van der Waals surface area contributed by atoms with Gasteiger partial charge in [0.25, 0.3) is 0 Å². The van der Waals surface area contributed by atoms with Gasteiger partial charge in [-0.1, -0.05) is 36.2 Å². The van der Waals surface area contributed by atoms with Gasteiger partial charge in [0.15, 0.2) is 5.78 Å². The summed E-state index contributed by atoms with van der Waals surface area (Å²) in [5.41, 5.74) is 0.133. The molecule has 0 spiro atoms. The van der Waals surface area contributed by atoms with Crippen molar-refractivity contribution in [1.82, 2.24) is 4.90 Å². The van der Waals surface area contributed by atoms with Crippen LogP contribution in [0.15, 0.2) is 24.3 Å². The number of benzene rings is 1. The molecule has 23 heavy (non-hydrogen) atoms. The maximum absolute atomic E-state index is 12.8. The van der Waals surface area contributed by atoms with Crippen molar-refractivity contribution in [2.75, 3.05) is 13.6 Å². The molecule has 6 heteroatoms. The lowest BCUT2D eigenvalue weighted by Gasteiger charge is -2.44. The van der Waals surface area contributed by atoms with Gasteiger partial charge in [0.2, 0.25) is 0 Å². The SMILES string of the molecule is CN(CCCC(=O)O)C1(c2ccccc2Cl)CCCCC1=O.Cl. The van der Waals surface area contributed by atoms with E-state index in [2.05, 4.69) is 0 Å². The van der Waals surface area contributed by atoms with Gasteiger partial charge in [-0.25, -0.2) is 0 Å². The van der Waals surface area contributed by atoms with Crippen LogP contribution in [0.3, 0.4) is 0 Å². The summed E-state index contributed by atoms with van der Waals surface area (Å²) in [5.74, 6) is -0.625. The Bertz CT molecular complexity index is 565. The summed E-state index contributed by atoms with van der Waals surface area (Å²) in [5, 5.41) is 9.41. The van der Waals surface area contributed by atoms with Crippen LogP contribution in [0, 0.1) is 0 Å². The molecule has 128 valence electrons. The molecule has 1 aromatic carbocycles. The molecule has 1 atom stereocenters. The molecule has 1 saturated carbocycles. The molecule has 2 rings (SSSR count). The minimum Gasteiger partial charge on any atom is -0.481 e. The number of carbonyl (C=O) groups is 2. The lowest BCUT2D eigenvalue weighted by molar-refractivity contribution is -0.137. The number of hydrogen-bond acceptors (Lipinski definition) is 3. The summed E-state index contributed by atoms with van der Waals surface area (Å²) in [6, 6.07) is 7.48. The molecule has 0 aromatic heterocycles. The van der Waals surface area contributed by atoms with Crippen LogP contribution in [0.25, 0.3) is 0 Å². The van der Waals surface area contributed by atoms with E-state index in [1.807, 2.05) is 36.2 Å². The number of likely N-dealkylation sites (N-methyl/N-ethyl adjacent to an activating group) is 1. The van der Waals surface area contributed by atoms with E-state index in [1.165, 1.54) is 0 Å². The van der Waals surface area contributed by atoms with Crippen molar-refractivity contribution >= 4 is 35.8 Å². The number of rotatable bonds is 6. The van der Waals surface area contributed by atoms with Crippen molar-refractivity contribution in [3.63, 3.8) is 0 Å². The molecule has 0 radical (unpaired) electrons. The maximum atomic E-state index is 12.8. The van der Waals surface area contributed by atoms with Crippen LogP contribution in [0.2, 0.25) is 5.02 Å². The lowest BCUT2D eigenvalue weighted by atomic mass is 9.74. The second-order valence-electron chi connectivity index (χ2n) is 5.89. The number of aliphatic carboxylic acids is 1. The Morgan fingerprint density at radius 2 is 2.04 bits per heavy atom. The monoisotopic (exact) mass is 359 g/mol. The number of carboxylic acid groups (broad SMARTS) is 1. The van der Waals surface area contributed by atoms with E-state index in [-0.39, 0.29) is 24.6 Å². The van der Waals surface area contributed by atoms with Gasteiger partial charge in [-0.05, 0) is 44.5 Å². The topological polar surface area (TPSA) is 57.6 Å². The largest absolute Gasteiger partial charge is 0.481 e. The molecule has 1 aliphatic rings. The summed E-state index contributed by atoms with van der Waals surface area (Å²) >= 11 is 6.37. The highest BCUT2D eigenvalue weighted by Gasteiger charge is 2.45. The summed E-state index contributed by atoms with van der Waals surface area (Å²) in [6.07, 6.45) is 3.80. The summed E-state index contributed by atoms with van der Waals surface area (Å²) in [4.78, 5) is 25.5. The van der Waals surface area contributed by atoms with Gasteiger partial charge in [0.05, 0.1) is 0 Å². The van der Waals surface area contributed by atoms with Gasteiger partial charge < -0.3 is 5.11 Å². The molecule has 1 unspecified atom stereocenters. The molecule has 0 bridgehead atoms. The van der Waals surface area contributed by atoms with E-state index in [1.54, 1.807) is 0 Å². The first-order valence-electron chi connectivity index (χ1n) is 7.70. The Kier molecular flexibility index (Phi) is 7.52. The van der Waals surface area contributed by atoms with E-state index in [0.29, 0.717) is 24.4 Å². The van der Waals surface area contributed by atoms with Crippen LogP contribution in [-0.2, 0) is 15.1 Å². The van der Waals surface area contributed by atoms with Gasteiger partial charge in [0.1, 0.15) is 5.54 Å². The van der Waals surface area contributed by atoms with Crippen LogP contribution in [0.1, 0.15) is 44.1 Å². The molecule has 4 nitrogen and oxygen atoms in total. The Labute approximate surface area is 148 Å². The normalized spacial score (nSPS) is 21.1. The molecule has 0 aliphatic heterocycles. The second-order valence-corrected chi connectivity index (χ2v) is 6.30. The van der Waals surface area contributed by atoms with Crippen molar-refractivity contribution in [3.8, 4) is 0 Å². The van der Waals surface area contributed by atoms with Crippen LogP contribution < -0.4 is 0 Å². The first-order valence-corrected chi connectivity index (χ1v) is 8.07. The van der Waals surface area contributed by atoms with Gasteiger partial charge in [-0.3, -0.25) is 14.5 Å². The Balaban J connectivity index is 0.00000264. The molecular formula is C17H23Cl2NO3. The highest BCUT2D eigenvalue weighted by atomic mass is 35.5. The molecule has 1 aliphatic carbocycles. The maximum Gasteiger partial charge on any atom is 0.303 e. The smallest absolute Gasteiger partial charge is 0.303 e. The third-order valence-corrected chi connectivity index (χ3v) is 4.84. The molecule has 1 aromatic rings. The van der Waals surface area contributed by atoms with E-state index in [9.17, 15) is 9.59 Å². The first-order chi connectivity index (χ1) is 10.5.